The number of carbonyl (C=O) groups excluding carboxylic acids is 1. The maximum absolute atomic E-state index is 11.1. The third-order valence-corrected chi connectivity index (χ3v) is 3.76. The van der Waals surface area contributed by atoms with Gasteiger partial charge in [-0.05, 0) is 25.8 Å². The number of rotatable bonds is 2. The van der Waals surface area contributed by atoms with Crippen molar-refractivity contribution in [2.45, 2.75) is 37.8 Å². The number of nitrogens with one attached hydrogen (secondary N) is 2. The van der Waals surface area contributed by atoms with E-state index in [1.54, 1.807) is 0 Å². The van der Waals surface area contributed by atoms with Crippen LogP contribution < -0.4 is 10.6 Å². The van der Waals surface area contributed by atoms with Crippen molar-refractivity contribution in [1.29, 1.82) is 0 Å². The van der Waals surface area contributed by atoms with Crippen molar-refractivity contribution in [1.82, 2.24) is 15.5 Å². The van der Waals surface area contributed by atoms with Gasteiger partial charge in [-0.1, -0.05) is 6.42 Å². The molecule has 98 valence electrons. The van der Waals surface area contributed by atoms with Gasteiger partial charge in [0.25, 0.3) is 0 Å². The molecule has 0 radical (unpaired) electrons. The zero-order valence-corrected chi connectivity index (χ0v) is 10.6. The second-order valence-corrected chi connectivity index (χ2v) is 4.97. The van der Waals surface area contributed by atoms with E-state index in [1.165, 1.54) is 26.4 Å². The number of likely N-dealkylation sites (tertiary alicyclic amines) is 1. The van der Waals surface area contributed by atoms with Gasteiger partial charge in [-0.15, -0.1) is 0 Å². The molecule has 2 aliphatic rings. The van der Waals surface area contributed by atoms with E-state index in [2.05, 4.69) is 20.3 Å². The van der Waals surface area contributed by atoms with Crippen molar-refractivity contribution in [3.63, 3.8) is 0 Å². The third kappa shape index (κ3) is 3.57. The molecule has 0 aromatic carbocycles. The van der Waals surface area contributed by atoms with Gasteiger partial charge in [0.1, 0.15) is 0 Å². The van der Waals surface area contributed by atoms with E-state index in [1.807, 2.05) is 0 Å². The Morgan fingerprint density at radius 3 is 3.12 bits per heavy atom. The second-order valence-electron chi connectivity index (χ2n) is 4.97. The van der Waals surface area contributed by atoms with Crippen molar-refractivity contribution < 1.29 is 9.53 Å². The molecule has 0 aromatic rings. The second kappa shape index (κ2) is 6.21. The van der Waals surface area contributed by atoms with E-state index in [-0.39, 0.29) is 12.1 Å². The molecule has 5 heteroatoms. The largest absolute Gasteiger partial charge is 0.453 e. The summed E-state index contributed by atoms with van der Waals surface area (Å²) in [5.41, 5.74) is 0. The number of carbonyl (C=O) groups is 1. The molecular weight excluding hydrogens is 218 g/mol. The molecule has 1 amide bonds. The summed E-state index contributed by atoms with van der Waals surface area (Å²) in [5, 5.41) is 6.38. The Labute approximate surface area is 103 Å². The van der Waals surface area contributed by atoms with Crippen LogP contribution >= 0.6 is 0 Å². The SMILES string of the molecule is COC(=O)NC1CCN(C2CCCCNC2)C1. The first-order valence-electron chi connectivity index (χ1n) is 6.59. The Balaban J connectivity index is 1.78. The molecule has 2 atom stereocenters. The fourth-order valence-electron chi connectivity index (χ4n) is 2.77. The van der Waals surface area contributed by atoms with E-state index in [0.29, 0.717) is 6.04 Å². The number of methoxy groups -OCH3 is 1. The van der Waals surface area contributed by atoms with E-state index in [9.17, 15) is 4.79 Å². The lowest BCUT2D eigenvalue weighted by Crippen LogP contribution is -2.43. The normalized spacial score (nSPS) is 30.9. The number of hydrogen-bond donors (Lipinski definition) is 2. The van der Waals surface area contributed by atoms with Crippen LogP contribution in [0.5, 0.6) is 0 Å². The molecule has 0 spiro atoms. The molecule has 2 fully saturated rings. The molecule has 2 unspecified atom stereocenters. The number of ether oxygens (including phenoxy) is 1. The van der Waals surface area contributed by atoms with Crippen LogP contribution in [0.2, 0.25) is 0 Å². The predicted molar refractivity (Wildman–Crippen MR) is 66.0 cm³/mol. The maximum atomic E-state index is 11.1. The highest BCUT2D eigenvalue weighted by molar-refractivity contribution is 5.67. The Morgan fingerprint density at radius 2 is 2.29 bits per heavy atom. The van der Waals surface area contributed by atoms with Gasteiger partial charge in [-0.3, -0.25) is 4.90 Å². The first-order chi connectivity index (χ1) is 8.29. The summed E-state index contributed by atoms with van der Waals surface area (Å²) in [6.45, 7) is 4.28. The molecule has 0 aromatic heterocycles. The number of nitrogens with zero attached hydrogens (tertiary/aromatic N) is 1. The number of amides is 1. The summed E-state index contributed by atoms with van der Waals surface area (Å²) in [5.74, 6) is 0. The lowest BCUT2D eigenvalue weighted by atomic mass is 10.1. The van der Waals surface area contributed by atoms with E-state index in [0.717, 1.165) is 32.6 Å². The van der Waals surface area contributed by atoms with Crippen molar-refractivity contribution in [3.05, 3.63) is 0 Å². The molecule has 2 heterocycles. The van der Waals surface area contributed by atoms with E-state index < -0.39 is 0 Å². The van der Waals surface area contributed by atoms with Crippen LogP contribution in [-0.4, -0.2) is 56.4 Å². The van der Waals surface area contributed by atoms with Crippen LogP contribution in [0.15, 0.2) is 0 Å². The summed E-state index contributed by atoms with van der Waals surface area (Å²) in [4.78, 5) is 13.6. The average Bonchev–Trinajstić information content (AvgIpc) is 2.63. The van der Waals surface area contributed by atoms with Crippen molar-refractivity contribution in [3.8, 4) is 0 Å². The predicted octanol–water partition coefficient (Wildman–Crippen LogP) is 0.559. The highest BCUT2D eigenvalue weighted by atomic mass is 16.5. The van der Waals surface area contributed by atoms with Gasteiger partial charge in [0.15, 0.2) is 0 Å². The quantitative estimate of drug-likeness (QED) is 0.741. The fraction of sp³-hybridized carbons (Fsp3) is 0.917. The lowest BCUT2D eigenvalue weighted by Gasteiger charge is -2.26. The number of alkyl carbamates (subject to hydrolysis) is 1. The summed E-state index contributed by atoms with van der Waals surface area (Å²) in [6, 6.07) is 0.896. The van der Waals surface area contributed by atoms with Gasteiger partial charge in [0.2, 0.25) is 0 Å². The summed E-state index contributed by atoms with van der Waals surface area (Å²) >= 11 is 0. The molecule has 17 heavy (non-hydrogen) atoms. The first kappa shape index (κ1) is 12.6. The van der Waals surface area contributed by atoms with E-state index >= 15 is 0 Å². The zero-order valence-electron chi connectivity index (χ0n) is 10.6. The van der Waals surface area contributed by atoms with Crippen LogP contribution in [0.3, 0.4) is 0 Å². The summed E-state index contributed by atoms with van der Waals surface area (Å²) < 4.78 is 4.63. The zero-order chi connectivity index (χ0) is 12.1. The van der Waals surface area contributed by atoms with Crippen LogP contribution in [0.1, 0.15) is 25.7 Å². The van der Waals surface area contributed by atoms with Crippen LogP contribution in [0.4, 0.5) is 4.79 Å². The van der Waals surface area contributed by atoms with Crippen LogP contribution in [-0.2, 0) is 4.74 Å². The smallest absolute Gasteiger partial charge is 0.407 e. The van der Waals surface area contributed by atoms with Crippen molar-refractivity contribution in [2.75, 3.05) is 33.3 Å². The minimum absolute atomic E-state index is 0.255. The molecule has 2 rings (SSSR count). The summed E-state index contributed by atoms with van der Waals surface area (Å²) in [7, 11) is 1.41. The molecule has 2 aliphatic heterocycles. The topological polar surface area (TPSA) is 53.6 Å². The average molecular weight is 241 g/mol. The highest BCUT2D eigenvalue weighted by Gasteiger charge is 2.29. The maximum Gasteiger partial charge on any atom is 0.407 e. The standard InChI is InChI=1S/C12H23N3O2/c1-17-12(16)14-10-5-7-15(9-10)11-4-2-3-6-13-8-11/h10-11,13H,2-9H2,1H3,(H,14,16). The van der Waals surface area contributed by atoms with Gasteiger partial charge in [0, 0.05) is 31.7 Å². The monoisotopic (exact) mass is 241 g/mol. The molecule has 5 nitrogen and oxygen atoms in total. The number of hydrogen-bond acceptors (Lipinski definition) is 4. The molecule has 0 aliphatic carbocycles. The van der Waals surface area contributed by atoms with Gasteiger partial charge in [-0.25, -0.2) is 4.79 Å². The van der Waals surface area contributed by atoms with Crippen LogP contribution in [0.25, 0.3) is 0 Å². The third-order valence-electron chi connectivity index (χ3n) is 3.76. The lowest BCUT2D eigenvalue weighted by molar-refractivity contribution is 0.165. The van der Waals surface area contributed by atoms with Gasteiger partial charge in [0.05, 0.1) is 7.11 Å². The minimum Gasteiger partial charge on any atom is -0.453 e. The molecule has 2 saturated heterocycles. The summed E-state index contributed by atoms with van der Waals surface area (Å²) in [6.07, 6.45) is 4.59. The molecule has 0 saturated carbocycles. The molecular formula is C12H23N3O2. The van der Waals surface area contributed by atoms with Crippen molar-refractivity contribution in [2.24, 2.45) is 0 Å². The van der Waals surface area contributed by atoms with Crippen molar-refractivity contribution >= 4 is 6.09 Å². The Morgan fingerprint density at radius 1 is 1.41 bits per heavy atom. The first-order valence-corrected chi connectivity index (χ1v) is 6.59. The van der Waals surface area contributed by atoms with E-state index in [4.69, 9.17) is 0 Å². The fourth-order valence-corrected chi connectivity index (χ4v) is 2.77. The van der Waals surface area contributed by atoms with Gasteiger partial charge < -0.3 is 15.4 Å². The van der Waals surface area contributed by atoms with Gasteiger partial charge >= 0.3 is 6.09 Å². The van der Waals surface area contributed by atoms with Crippen LogP contribution in [0, 0.1) is 0 Å². The Kier molecular flexibility index (Phi) is 4.62. The minimum atomic E-state index is -0.309. The molecule has 2 N–H and O–H groups in total. The molecule has 0 bridgehead atoms. The Bertz CT molecular complexity index is 252. The highest BCUT2D eigenvalue weighted by Crippen LogP contribution is 2.18. The van der Waals surface area contributed by atoms with Gasteiger partial charge in [-0.2, -0.15) is 0 Å². The Hall–Kier alpha value is -0.810.